The van der Waals surface area contributed by atoms with Crippen LogP contribution in [0.5, 0.6) is 0 Å². The Labute approximate surface area is 116 Å². The number of amides is 1. The molecular weight excluding hydrogens is 264 g/mol. The third kappa shape index (κ3) is 6.38. The quantitative estimate of drug-likeness (QED) is 0.729. The molecule has 0 radical (unpaired) electrons. The molecule has 0 spiro atoms. The standard InChI is InChI=1S/C13H26N2O3S/c1-3-19(17,18)10-9-14-11(2)13(16)15-12-7-5-4-6-8-12/h11-12,14H,3-10H2,1-2H3,(H,15,16). The average molecular weight is 290 g/mol. The molecule has 0 bridgehead atoms. The van der Waals surface area contributed by atoms with Crippen LogP contribution in [-0.4, -0.2) is 44.5 Å². The molecule has 0 aromatic rings. The highest BCUT2D eigenvalue weighted by molar-refractivity contribution is 7.91. The van der Waals surface area contributed by atoms with E-state index in [2.05, 4.69) is 10.6 Å². The molecule has 1 saturated carbocycles. The Kier molecular flexibility index (Phi) is 6.79. The highest BCUT2D eigenvalue weighted by Gasteiger charge is 2.19. The van der Waals surface area contributed by atoms with E-state index < -0.39 is 9.84 Å². The Hall–Kier alpha value is -0.620. The van der Waals surface area contributed by atoms with Crippen molar-refractivity contribution in [2.75, 3.05) is 18.1 Å². The Balaban J connectivity index is 2.24. The lowest BCUT2D eigenvalue weighted by atomic mass is 9.95. The molecule has 1 atom stereocenters. The van der Waals surface area contributed by atoms with Crippen molar-refractivity contribution >= 4 is 15.7 Å². The molecule has 1 aliphatic rings. The maximum Gasteiger partial charge on any atom is 0.237 e. The first kappa shape index (κ1) is 16.4. The minimum absolute atomic E-state index is 0.0270. The number of rotatable bonds is 7. The second kappa shape index (κ2) is 7.85. The molecule has 6 heteroatoms. The topological polar surface area (TPSA) is 75.3 Å². The lowest BCUT2D eigenvalue weighted by Crippen LogP contribution is -2.47. The molecule has 1 fully saturated rings. The van der Waals surface area contributed by atoms with E-state index in [1.807, 2.05) is 0 Å². The fraction of sp³-hybridized carbons (Fsp3) is 0.923. The molecule has 0 aliphatic heterocycles. The van der Waals surface area contributed by atoms with Gasteiger partial charge >= 0.3 is 0 Å². The second-order valence-corrected chi connectivity index (χ2v) is 7.73. The van der Waals surface area contributed by atoms with Crippen LogP contribution in [0, 0.1) is 0 Å². The van der Waals surface area contributed by atoms with Gasteiger partial charge in [0.05, 0.1) is 11.8 Å². The molecule has 1 amide bonds. The smallest absolute Gasteiger partial charge is 0.237 e. The van der Waals surface area contributed by atoms with Crippen LogP contribution in [0.1, 0.15) is 46.0 Å². The van der Waals surface area contributed by atoms with Crippen LogP contribution in [0.4, 0.5) is 0 Å². The number of carbonyl (C=O) groups is 1. The van der Waals surface area contributed by atoms with Crippen LogP contribution in [0.2, 0.25) is 0 Å². The van der Waals surface area contributed by atoms with Crippen molar-refractivity contribution in [3.8, 4) is 0 Å². The first-order valence-corrected chi connectivity index (χ1v) is 9.01. The summed E-state index contributed by atoms with van der Waals surface area (Å²) in [6, 6.07) is -0.0427. The summed E-state index contributed by atoms with van der Waals surface area (Å²) in [7, 11) is -2.96. The van der Waals surface area contributed by atoms with Crippen LogP contribution in [0.15, 0.2) is 0 Å². The van der Waals surface area contributed by atoms with Gasteiger partial charge in [-0.05, 0) is 19.8 Å². The largest absolute Gasteiger partial charge is 0.352 e. The highest BCUT2D eigenvalue weighted by atomic mass is 32.2. The Morgan fingerprint density at radius 2 is 1.89 bits per heavy atom. The van der Waals surface area contributed by atoms with Gasteiger partial charge in [-0.2, -0.15) is 0 Å². The molecule has 5 nitrogen and oxygen atoms in total. The monoisotopic (exact) mass is 290 g/mol. The van der Waals surface area contributed by atoms with E-state index in [9.17, 15) is 13.2 Å². The summed E-state index contributed by atoms with van der Waals surface area (Å²) in [4.78, 5) is 11.9. The maximum absolute atomic E-state index is 11.9. The second-order valence-electron chi connectivity index (χ2n) is 5.26. The average Bonchev–Trinajstić information content (AvgIpc) is 2.39. The van der Waals surface area contributed by atoms with Gasteiger partial charge in [-0.1, -0.05) is 26.2 Å². The molecule has 1 unspecified atom stereocenters. The van der Waals surface area contributed by atoms with E-state index in [0.29, 0.717) is 12.6 Å². The summed E-state index contributed by atoms with van der Waals surface area (Å²) in [6.45, 7) is 3.74. The normalized spacial score (nSPS) is 19.1. The van der Waals surface area contributed by atoms with Crippen molar-refractivity contribution in [3.05, 3.63) is 0 Å². The van der Waals surface area contributed by atoms with Gasteiger partial charge in [0.2, 0.25) is 5.91 Å². The predicted molar refractivity (Wildman–Crippen MR) is 76.8 cm³/mol. The molecule has 0 aromatic carbocycles. The minimum Gasteiger partial charge on any atom is -0.352 e. The van der Waals surface area contributed by atoms with E-state index in [0.717, 1.165) is 12.8 Å². The van der Waals surface area contributed by atoms with E-state index in [1.54, 1.807) is 13.8 Å². The van der Waals surface area contributed by atoms with Crippen LogP contribution in [0.3, 0.4) is 0 Å². The van der Waals surface area contributed by atoms with E-state index in [-0.39, 0.29) is 23.5 Å². The summed E-state index contributed by atoms with van der Waals surface area (Å²) >= 11 is 0. The lowest BCUT2D eigenvalue weighted by molar-refractivity contribution is -0.123. The van der Waals surface area contributed by atoms with Crippen molar-refractivity contribution in [2.45, 2.75) is 58.0 Å². The van der Waals surface area contributed by atoms with Crippen LogP contribution in [0.25, 0.3) is 0 Å². The Morgan fingerprint density at radius 3 is 2.47 bits per heavy atom. The van der Waals surface area contributed by atoms with Gasteiger partial charge in [0, 0.05) is 18.3 Å². The number of sulfone groups is 1. The molecule has 0 aromatic heterocycles. The number of hydrogen-bond acceptors (Lipinski definition) is 4. The van der Waals surface area contributed by atoms with Gasteiger partial charge in [-0.3, -0.25) is 4.79 Å². The first-order valence-electron chi connectivity index (χ1n) is 7.19. The molecule has 112 valence electrons. The summed E-state index contributed by atoms with van der Waals surface area (Å²) < 4.78 is 22.7. The van der Waals surface area contributed by atoms with Crippen molar-refractivity contribution in [3.63, 3.8) is 0 Å². The zero-order valence-electron chi connectivity index (χ0n) is 11.9. The lowest BCUT2D eigenvalue weighted by Gasteiger charge is -2.24. The molecule has 0 heterocycles. The fourth-order valence-electron chi connectivity index (χ4n) is 2.24. The zero-order valence-corrected chi connectivity index (χ0v) is 12.8. The SMILES string of the molecule is CCS(=O)(=O)CCNC(C)C(=O)NC1CCCCC1. The zero-order chi connectivity index (χ0) is 14.3. The van der Waals surface area contributed by atoms with Crippen LogP contribution < -0.4 is 10.6 Å². The van der Waals surface area contributed by atoms with Gasteiger partial charge < -0.3 is 10.6 Å². The van der Waals surface area contributed by atoms with Gasteiger partial charge in [0.1, 0.15) is 0 Å². The fourth-order valence-corrected chi connectivity index (χ4v) is 2.96. The summed E-state index contributed by atoms with van der Waals surface area (Å²) in [5, 5.41) is 6.00. The van der Waals surface area contributed by atoms with Crippen molar-refractivity contribution in [1.82, 2.24) is 10.6 Å². The molecule has 1 rings (SSSR count). The maximum atomic E-state index is 11.9. The molecule has 19 heavy (non-hydrogen) atoms. The van der Waals surface area contributed by atoms with Gasteiger partial charge in [-0.15, -0.1) is 0 Å². The van der Waals surface area contributed by atoms with Crippen molar-refractivity contribution < 1.29 is 13.2 Å². The first-order chi connectivity index (χ1) is 8.94. The molecule has 0 saturated heterocycles. The Morgan fingerprint density at radius 1 is 1.26 bits per heavy atom. The number of carbonyl (C=O) groups excluding carboxylic acids is 1. The number of hydrogen-bond donors (Lipinski definition) is 2. The third-order valence-electron chi connectivity index (χ3n) is 3.65. The molecule has 2 N–H and O–H groups in total. The van der Waals surface area contributed by atoms with E-state index in [1.165, 1.54) is 19.3 Å². The van der Waals surface area contributed by atoms with Crippen molar-refractivity contribution in [1.29, 1.82) is 0 Å². The third-order valence-corrected chi connectivity index (χ3v) is 5.35. The molecule has 1 aliphatic carbocycles. The summed E-state index contributed by atoms with van der Waals surface area (Å²) in [6.07, 6.45) is 5.74. The number of nitrogens with one attached hydrogen (secondary N) is 2. The Bertz CT molecular complexity index is 375. The van der Waals surface area contributed by atoms with E-state index >= 15 is 0 Å². The van der Waals surface area contributed by atoms with Crippen LogP contribution >= 0.6 is 0 Å². The van der Waals surface area contributed by atoms with Gasteiger partial charge in [-0.25, -0.2) is 8.42 Å². The van der Waals surface area contributed by atoms with Gasteiger partial charge in [0.25, 0.3) is 0 Å². The molecular formula is C13H26N2O3S. The highest BCUT2D eigenvalue weighted by Crippen LogP contribution is 2.17. The summed E-state index contributed by atoms with van der Waals surface area (Å²) in [5.74, 6) is 0.211. The van der Waals surface area contributed by atoms with E-state index in [4.69, 9.17) is 0 Å². The van der Waals surface area contributed by atoms with Crippen LogP contribution in [-0.2, 0) is 14.6 Å². The van der Waals surface area contributed by atoms with Crippen molar-refractivity contribution in [2.24, 2.45) is 0 Å². The minimum atomic E-state index is -2.96. The van der Waals surface area contributed by atoms with Gasteiger partial charge in [0.15, 0.2) is 9.84 Å². The summed E-state index contributed by atoms with van der Waals surface area (Å²) in [5.41, 5.74) is 0. The predicted octanol–water partition coefficient (Wildman–Crippen LogP) is 0.848.